The fourth-order valence-electron chi connectivity index (χ4n) is 2.89. The zero-order chi connectivity index (χ0) is 18.3. The Balaban J connectivity index is 1.73. The van der Waals surface area contributed by atoms with E-state index >= 15 is 0 Å². The lowest BCUT2D eigenvalue weighted by molar-refractivity contribution is 0.102. The van der Waals surface area contributed by atoms with Gasteiger partial charge in [-0.1, -0.05) is 53.3 Å². The van der Waals surface area contributed by atoms with Crippen molar-refractivity contribution in [3.63, 3.8) is 0 Å². The summed E-state index contributed by atoms with van der Waals surface area (Å²) >= 11 is 7.61. The van der Waals surface area contributed by atoms with Gasteiger partial charge in [0.1, 0.15) is 5.75 Å². The Morgan fingerprint density at radius 3 is 2.58 bits per heavy atom. The second-order valence-electron chi connectivity index (χ2n) is 5.91. The second-order valence-corrected chi connectivity index (χ2v) is 7.32. The van der Waals surface area contributed by atoms with Crippen LogP contribution < -0.4 is 10.1 Å². The molecule has 0 unspecified atom stereocenters. The fraction of sp³-hybridized carbons (Fsp3) is 0.100. The van der Waals surface area contributed by atoms with E-state index in [0.717, 1.165) is 26.6 Å². The van der Waals surface area contributed by atoms with Gasteiger partial charge in [0.05, 0.1) is 27.9 Å². The first-order chi connectivity index (χ1) is 12.6. The molecule has 1 heterocycles. The van der Waals surface area contributed by atoms with Crippen LogP contribution in [0.4, 0.5) is 5.13 Å². The predicted molar refractivity (Wildman–Crippen MR) is 108 cm³/mol. The maximum absolute atomic E-state index is 12.8. The highest BCUT2D eigenvalue weighted by Gasteiger charge is 2.17. The quantitative estimate of drug-likeness (QED) is 0.496. The van der Waals surface area contributed by atoms with Crippen LogP contribution >= 0.6 is 22.9 Å². The highest BCUT2D eigenvalue weighted by atomic mass is 35.5. The summed E-state index contributed by atoms with van der Waals surface area (Å²) in [5.41, 5.74) is 2.29. The fourth-order valence-corrected chi connectivity index (χ4v) is 4.10. The zero-order valence-electron chi connectivity index (χ0n) is 14.2. The molecule has 0 bridgehead atoms. The highest BCUT2D eigenvalue weighted by molar-refractivity contribution is 7.23. The first kappa shape index (κ1) is 16.8. The number of halogens is 1. The van der Waals surface area contributed by atoms with Crippen LogP contribution in [0.25, 0.3) is 21.0 Å². The third-order valence-electron chi connectivity index (χ3n) is 4.23. The Labute approximate surface area is 159 Å². The monoisotopic (exact) mass is 382 g/mol. The van der Waals surface area contributed by atoms with E-state index < -0.39 is 0 Å². The van der Waals surface area contributed by atoms with E-state index in [1.54, 1.807) is 7.11 Å². The van der Waals surface area contributed by atoms with Crippen LogP contribution in [-0.2, 0) is 0 Å². The number of nitrogens with zero attached hydrogens (tertiary/aromatic N) is 1. The number of rotatable bonds is 3. The number of anilines is 1. The van der Waals surface area contributed by atoms with Crippen LogP contribution in [0.15, 0.2) is 48.5 Å². The molecule has 0 fully saturated rings. The summed E-state index contributed by atoms with van der Waals surface area (Å²) in [5.74, 6) is 0.261. The molecule has 1 N–H and O–H groups in total. The average Bonchev–Trinajstić information content (AvgIpc) is 3.08. The van der Waals surface area contributed by atoms with Crippen molar-refractivity contribution in [1.82, 2.24) is 4.98 Å². The number of benzene rings is 3. The first-order valence-electron chi connectivity index (χ1n) is 8.00. The number of ether oxygens (including phenoxy) is 1. The molecule has 1 aromatic heterocycles. The van der Waals surface area contributed by atoms with Crippen molar-refractivity contribution in [2.75, 3.05) is 12.4 Å². The predicted octanol–water partition coefficient (Wildman–Crippen LogP) is 5.67. The molecule has 3 aromatic carbocycles. The number of hydrogen-bond donors (Lipinski definition) is 1. The number of thiazole rings is 1. The molecule has 1 amide bonds. The largest absolute Gasteiger partial charge is 0.496 e. The molecule has 4 nitrogen and oxygen atoms in total. The van der Waals surface area contributed by atoms with Gasteiger partial charge in [-0.2, -0.15) is 0 Å². The molecule has 0 aliphatic carbocycles. The van der Waals surface area contributed by atoms with E-state index in [-0.39, 0.29) is 5.91 Å². The van der Waals surface area contributed by atoms with Gasteiger partial charge < -0.3 is 4.74 Å². The van der Waals surface area contributed by atoms with Gasteiger partial charge in [-0.25, -0.2) is 4.98 Å². The standard InChI is InChI=1S/C20H15ClN2O2S/c1-11-7-8-15(21)18-17(11)22-20(26-18)23-19(24)14-9-12-5-3-4-6-13(12)10-16(14)25-2/h3-10H,1-2H3,(H,22,23,24). The third-order valence-corrected chi connectivity index (χ3v) is 5.66. The van der Waals surface area contributed by atoms with Gasteiger partial charge in [-0.05, 0) is 41.5 Å². The van der Waals surface area contributed by atoms with Gasteiger partial charge in [-0.15, -0.1) is 0 Å². The van der Waals surface area contributed by atoms with Gasteiger partial charge in [0.25, 0.3) is 5.91 Å². The highest BCUT2D eigenvalue weighted by Crippen LogP contribution is 2.34. The van der Waals surface area contributed by atoms with Crippen LogP contribution in [0.2, 0.25) is 5.02 Å². The minimum Gasteiger partial charge on any atom is -0.496 e. The van der Waals surface area contributed by atoms with Gasteiger partial charge in [-0.3, -0.25) is 10.1 Å². The number of nitrogens with one attached hydrogen (secondary N) is 1. The lowest BCUT2D eigenvalue weighted by Crippen LogP contribution is -2.13. The number of fused-ring (bicyclic) bond motifs is 2. The SMILES string of the molecule is COc1cc2ccccc2cc1C(=O)Nc1nc2c(C)ccc(Cl)c2s1. The molecule has 4 aromatic rings. The van der Waals surface area contributed by atoms with Crippen molar-refractivity contribution in [1.29, 1.82) is 0 Å². The Morgan fingerprint density at radius 1 is 1.15 bits per heavy atom. The van der Waals surface area contributed by atoms with E-state index in [4.69, 9.17) is 16.3 Å². The summed E-state index contributed by atoms with van der Waals surface area (Å²) in [4.78, 5) is 17.3. The summed E-state index contributed by atoms with van der Waals surface area (Å²) in [7, 11) is 1.56. The van der Waals surface area contributed by atoms with Gasteiger partial charge >= 0.3 is 0 Å². The van der Waals surface area contributed by atoms with E-state index in [1.807, 2.05) is 55.5 Å². The van der Waals surface area contributed by atoms with Gasteiger partial charge in [0.2, 0.25) is 0 Å². The Morgan fingerprint density at radius 2 is 1.88 bits per heavy atom. The summed E-state index contributed by atoms with van der Waals surface area (Å²) < 4.78 is 6.28. The molecule has 0 aliphatic heterocycles. The molecule has 0 aliphatic rings. The first-order valence-corrected chi connectivity index (χ1v) is 9.20. The number of aryl methyl sites for hydroxylation is 1. The minimum atomic E-state index is -0.263. The van der Waals surface area contributed by atoms with Crippen LogP contribution in [0.5, 0.6) is 5.75 Å². The summed E-state index contributed by atoms with van der Waals surface area (Å²) in [6.45, 7) is 1.97. The number of amides is 1. The third kappa shape index (κ3) is 2.89. The molecule has 26 heavy (non-hydrogen) atoms. The topological polar surface area (TPSA) is 51.2 Å². The summed E-state index contributed by atoms with van der Waals surface area (Å²) in [5, 5.41) is 6.00. The van der Waals surface area contributed by atoms with E-state index in [1.165, 1.54) is 11.3 Å². The van der Waals surface area contributed by atoms with E-state index in [9.17, 15) is 4.79 Å². The minimum absolute atomic E-state index is 0.263. The summed E-state index contributed by atoms with van der Waals surface area (Å²) in [6, 6.07) is 15.3. The molecule has 0 spiro atoms. The normalized spacial score (nSPS) is 11.0. The number of methoxy groups -OCH3 is 1. The molecule has 130 valence electrons. The molecular formula is C20H15ClN2O2S. The van der Waals surface area contributed by atoms with Gasteiger partial charge in [0, 0.05) is 0 Å². The molecule has 0 saturated carbocycles. The molecule has 4 rings (SSSR count). The molecule has 6 heteroatoms. The Kier molecular flexibility index (Phi) is 4.26. The Bertz CT molecular complexity index is 1110. The van der Waals surface area contributed by atoms with Gasteiger partial charge in [0.15, 0.2) is 5.13 Å². The van der Waals surface area contributed by atoms with Crippen LogP contribution in [0, 0.1) is 6.92 Å². The van der Waals surface area contributed by atoms with Crippen LogP contribution in [0.1, 0.15) is 15.9 Å². The van der Waals surface area contributed by atoms with Crippen molar-refractivity contribution in [2.45, 2.75) is 6.92 Å². The van der Waals surface area contributed by atoms with E-state index in [2.05, 4.69) is 10.3 Å². The van der Waals surface area contributed by atoms with Crippen molar-refractivity contribution >= 4 is 55.0 Å². The van der Waals surface area contributed by atoms with Crippen molar-refractivity contribution in [3.8, 4) is 5.75 Å². The number of carbonyl (C=O) groups excluding carboxylic acids is 1. The molecule has 0 saturated heterocycles. The second kappa shape index (κ2) is 6.59. The lowest BCUT2D eigenvalue weighted by Gasteiger charge is -2.10. The maximum Gasteiger partial charge on any atom is 0.261 e. The number of aromatic nitrogens is 1. The Hall–Kier alpha value is -2.63. The average molecular weight is 383 g/mol. The van der Waals surface area contributed by atoms with Crippen molar-refractivity contribution in [2.24, 2.45) is 0 Å². The smallest absolute Gasteiger partial charge is 0.261 e. The molecular weight excluding hydrogens is 368 g/mol. The van der Waals surface area contributed by atoms with Crippen LogP contribution in [0.3, 0.4) is 0 Å². The summed E-state index contributed by atoms with van der Waals surface area (Å²) in [6.07, 6.45) is 0. The number of carbonyl (C=O) groups is 1. The van der Waals surface area contributed by atoms with Crippen molar-refractivity contribution < 1.29 is 9.53 Å². The molecule has 0 atom stereocenters. The van der Waals surface area contributed by atoms with E-state index in [0.29, 0.717) is 21.5 Å². The maximum atomic E-state index is 12.8. The number of hydrogen-bond acceptors (Lipinski definition) is 4. The lowest BCUT2D eigenvalue weighted by atomic mass is 10.1. The van der Waals surface area contributed by atoms with Crippen LogP contribution in [-0.4, -0.2) is 18.0 Å². The zero-order valence-corrected chi connectivity index (χ0v) is 15.7. The van der Waals surface area contributed by atoms with Crippen molar-refractivity contribution in [3.05, 3.63) is 64.7 Å². The molecule has 0 radical (unpaired) electrons.